The highest BCUT2D eigenvalue weighted by atomic mass is 16.5. The Labute approximate surface area is 187 Å². The number of hydrogen-bond acceptors (Lipinski definition) is 4. The minimum atomic E-state index is -0.896. The van der Waals surface area contributed by atoms with Crippen molar-refractivity contribution in [1.82, 2.24) is 4.90 Å². The third-order valence-electron chi connectivity index (χ3n) is 5.74. The quantitative estimate of drug-likeness (QED) is 0.551. The van der Waals surface area contributed by atoms with Crippen LogP contribution in [-0.2, 0) is 9.59 Å². The van der Waals surface area contributed by atoms with E-state index in [-0.39, 0.29) is 18.2 Å². The molecule has 0 aliphatic carbocycles. The number of imide groups is 1. The summed E-state index contributed by atoms with van der Waals surface area (Å²) in [6.45, 7) is 1.87. The molecule has 1 aliphatic heterocycles. The first-order valence-corrected chi connectivity index (χ1v) is 10.4. The zero-order valence-corrected chi connectivity index (χ0v) is 18.0. The third kappa shape index (κ3) is 3.99. The molecule has 0 saturated carbocycles. The number of carbonyl (C=O) groups is 3. The van der Waals surface area contributed by atoms with Crippen molar-refractivity contribution in [2.24, 2.45) is 0 Å². The fourth-order valence-electron chi connectivity index (χ4n) is 4.04. The van der Waals surface area contributed by atoms with Crippen LogP contribution in [0.5, 0.6) is 5.75 Å². The number of nitrogens with zero attached hydrogens (tertiary/aromatic N) is 2. The lowest BCUT2D eigenvalue weighted by molar-refractivity contribution is -0.122. The van der Waals surface area contributed by atoms with Crippen molar-refractivity contribution in [3.8, 4) is 5.75 Å². The van der Waals surface area contributed by atoms with E-state index in [0.29, 0.717) is 17.0 Å². The summed E-state index contributed by atoms with van der Waals surface area (Å²) in [6, 6.07) is 23.7. The molecule has 4 rings (SSSR count). The molecule has 0 N–H and O–H groups in total. The number of amides is 3. The summed E-state index contributed by atoms with van der Waals surface area (Å²) in [5.74, 6) is -0.401. The lowest BCUT2D eigenvalue weighted by atomic mass is 10.0. The summed E-state index contributed by atoms with van der Waals surface area (Å²) < 4.78 is 5.19. The van der Waals surface area contributed by atoms with E-state index in [1.807, 2.05) is 43.3 Å². The number of anilines is 1. The van der Waals surface area contributed by atoms with Crippen LogP contribution >= 0.6 is 0 Å². The van der Waals surface area contributed by atoms with E-state index < -0.39 is 18.0 Å². The van der Waals surface area contributed by atoms with E-state index in [4.69, 9.17) is 4.74 Å². The number of methoxy groups -OCH3 is 1. The van der Waals surface area contributed by atoms with Crippen LogP contribution in [0.3, 0.4) is 0 Å². The van der Waals surface area contributed by atoms with E-state index >= 15 is 0 Å². The van der Waals surface area contributed by atoms with Crippen LogP contribution < -0.4 is 9.64 Å². The first-order chi connectivity index (χ1) is 15.5. The second kappa shape index (κ2) is 9.06. The van der Waals surface area contributed by atoms with E-state index in [0.717, 1.165) is 5.56 Å². The zero-order valence-electron chi connectivity index (χ0n) is 18.0. The predicted molar refractivity (Wildman–Crippen MR) is 121 cm³/mol. The van der Waals surface area contributed by atoms with Gasteiger partial charge in [-0.15, -0.1) is 0 Å². The fraction of sp³-hybridized carbons (Fsp3) is 0.192. The molecule has 0 aromatic heterocycles. The van der Waals surface area contributed by atoms with E-state index in [1.54, 1.807) is 55.6 Å². The first-order valence-electron chi connectivity index (χ1n) is 10.4. The third-order valence-corrected chi connectivity index (χ3v) is 5.74. The van der Waals surface area contributed by atoms with Crippen molar-refractivity contribution >= 4 is 23.4 Å². The van der Waals surface area contributed by atoms with Gasteiger partial charge in [-0.2, -0.15) is 0 Å². The molecule has 6 nitrogen and oxygen atoms in total. The zero-order chi connectivity index (χ0) is 22.7. The number of rotatable bonds is 6. The number of benzene rings is 3. The summed E-state index contributed by atoms with van der Waals surface area (Å²) in [7, 11) is 1.56. The Morgan fingerprint density at radius 2 is 1.53 bits per heavy atom. The Morgan fingerprint density at radius 1 is 0.938 bits per heavy atom. The smallest absolute Gasteiger partial charge is 0.257 e. The van der Waals surface area contributed by atoms with Crippen molar-refractivity contribution in [3.63, 3.8) is 0 Å². The molecule has 1 saturated heterocycles. The molecule has 0 bridgehead atoms. The molecule has 2 unspecified atom stereocenters. The van der Waals surface area contributed by atoms with Gasteiger partial charge in [-0.3, -0.25) is 14.4 Å². The molecule has 162 valence electrons. The van der Waals surface area contributed by atoms with Crippen LogP contribution in [0.25, 0.3) is 0 Å². The predicted octanol–water partition coefficient (Wildman–Crippen LogP) is 4.23. The molecule has 1 aliphatic rings. The molecule has 32 heavy (non-hydrogen) atoms. The maximum absolute atomic E-state index is 13.6. The van der Waals surface area contributed by atoms with Gasteiger partial charge in [0.2, 0.25) is 5.91 Å². The molecule has 6 heteroatoms. The Hall–Kier alpha value is -3.93. The Balaban J connectivity index is 1.72. The largest absolute Gasteiger partial charge is 0.497 e. The minimum absolute atomic E-state index is 0.0627. The van der Waals surface area contributed by atoms with Crippen molar-refractivity contribution in [2.45, 2.75) is 25.4 Å². The van der Waals surface area contributed by atoms with Crippen molar-refractivity contribution in [1.29, 1.82) is 0 Å². The second-order valence-corrected chi connectivity index (χ2v) is 7.65. The van der Waals surface area contributed by atoms with Gasteiger partial charge in [0.05, 0.1) is 25.3 Å². The van der Waals surface area contributed by atoms with Gasteiger partial charge in [-0.25, -0.2) is 4.90 Å². The van der Waals surface area contributed by atoms with Gasteiger partial charge in [0, 0.05) is 5.56 Å². The molecule has 1 heterocycles. The molecule has 1 fully saturated rings. The van der Waals surface area contributed by atoms with Gasteiger partial charge in [0.25, 0.3) is 11.8 Å². The van der Waals surface area contributed by atoms with Crippen molar-refractivity contribution in [2.75, 3.05) is 12.0 Å². The van der Waals surface area contributed by atoms with Crippen molar-refractivity contribution in [3.05, 3.63) is 96.1 Å². The number of carbonyl (C=O) groups excluding carboxylic acids is 3. The lowest BCUT2D eigenvalue weighted by Crippen LogP contribution is -2.46. The Bertz CT molecular complexity index is 1110. The maximum atomic E-state index is 13.6. The molecular formula is C26H24N2O4. The SMILES string of the molecule is COc1ccc(C(=O)N(C2CC(=O)N(c3ccccc3)C2=O)C(C)c2ccccc2)cc1. The second-order valence-electron chi connectivity index (χ2n) is 7.65. The van der Waals surface area contributed by atoms with E-state index in [9.17, 15) is 14.4 Å². The molecule has 0 radical (unpaired) electrons. The highest BCUT2D eigenvalue weighted by Gasteiger charge is 2.46. The highest BCUT2D eigenvalue weighted by Crippen LogP contribution is 2.32. The van der Waals surface area contributed by atoms with Gasteiger partial charge in [-0.1, -0.05) is 48.5 Å². The molecular weight excluding hydrogens is 404 g/mol. The van der Waals surface area contributed by atoms with Crippen LogP contribution in [0.15, 0.2) is 84.9 Å². The van der Waals surface area contributed by atoms with Crippen LogP contribution in [0.1, 0.15) is 35.3 Å². The fourth-order valence-corrected chi connectivity index (χ4v) is 4.04. The summed E-state index contributed by atoms with van der Waals surface area (Å²) >= 11 is 0. The van der Waals surface area contributed by atoms with Crippen LogP contribution in [0, 0.1) is 0 Å². The Kier molecular flexibility index (Phi) is 6.03. The van der Waals surface area contributed by atoms with Gasteiger partial charge in [0.15, 0.2) is 0 Å². The van der Waals surface area contributed by atoms with Gasteiger partial charge >= 0.3 is 0 Å². The van der Waals surface area contributed by atoms with Crippen LogP contribution in [-0.4, -0.2) is 35.8 Å². The number of hydrogen-bond donors (Lipinski definition) is 0. The topological polar surface area (TPSA) is 66.9 Å². The average Bonchev–Trinajstić information content (AvgIpc) is 3.13. The maximum Gasteiger partial charge on any atom is 0.257 e. The van der Waals surface area contributed by atoms with E-state index in [2.05, 4.69) is 0 Å². The normalized spacial score (nSPS) is 16.7. The van der Waals surface area contributed by atoms with Gasteiger partial charge in [0.1, 0.15) is 11.8 Å². The molecule has 0 spiro atoms. The first kappa shape index (κ1) is 21.3. The standard InChI is InChI=1S/C26H24N2O4/c1-18(19-9-5-3-6-10-19)27(25(30)20-13-15-22(32-2)16-14-20)23-17-24(29)28(26(23)31)21-11-7-4-8-12-21/h3-16,18,23H,17H2,1-2H3. The van der Waals surface area contributed by atoms with Crippen LogP contribution in [0.4, 0.5) is 5.69 Å². The molecule has 3 amide bonds. The molecule has 2 atom stereocenters. The van der Waals surface area contributed by atoms with E-state index in [1.165, 1.54) is 9.80 Å². The van der Waals surface area contributed by atoms with Crippen LogP contribution in [0.2, 0.25) is 0 Å². The summed E-state index contributed by atoms with van der Waals surface area (Å²) in [5.41, 5.74) is 1.81. The average molecular weight is 428 g/mol. The Morgan fingerprint density at radius 3 is 2.12 bits per heavy atom. The molecule has 3 aromatic carbocycles. The number of ether oxygens (including phenoxy) is 1. The summed E-state index contributed by atoms with van der Waals surface area (Å²) in [4.78, 5) is 42.6. The summed E-state index contributed by atoms with van der Waals surface area (Å²) in [5, 5.41) is 0. The highest BCUT2D eigenvalue weighted by molar-refractivity contribution is 6.23. The van der Waals surface area contributed by atoms with Gasteiger partial charge in [-0.05, 0) is 48.9 Å². The van der Waals surface area contributed by atoms with Gasteiger partial charge < -0.3 is 9.64 Å². The monoisotopic (exact) mass is 428 g/mol. The minimum Gasteiger partial charge on any atom is -0.497 e. The van der Waals surface area contributed by atoms with Crippen molar-refractivity contribution < 1.29 is 19.1 Å². The lowest BCUT2D eigenvalue weighted by Gasteiger charge is -2.33. The number of para-hydroxylation sites is 1. The summed E-state index contributed by atoms with van der Waals surface area (Å²) in [6.07, 6.45) is -0.0627. The molecule has 3 aromatic rings.